The van der Waals surface area contributed by atoms with E-state index in [0.29, 0.717) is 23.3 Å². The minimum Gasteiger partial charge on any atom is -0.382 e. The monoisotopic (exact) mass is 302 g/mol. The molecule has 1 saturated carbocycles. The van der Waals surface area contributed by atoms with Gasteiger partial charge in [0.2, 0.25) is 0 Å². The normalized spacial score (nSPS) is 14.5. The first-order valence-corrected chi connectivity index (χ1v) is 7.89. The van der Waals surface area contributed by atoms with Gasteiger partial charge in [0.15, 0.2) is 5.13 Å². The molecule has 1 aromatic heterocycles. The quantitative estimate of drug-likeness (QED) is 0.793. The summed E-state index contributed by atoms with van der Waals surface area (Å²) in [6.45, 7) is 0.488. The number of amides is 1. The molecular weight excluding hydrogens is 284 g/mol. The summed E-state index contributed by atoms with van der Waals surface area (Å²) in [5.41, 5.74) is 6.90. The zero-order chi connectivity index (χ0) is 14.7. The molecule has 0 spiro atoms. The zero-order valence-electron chi connectivity index (χ0n) is 11.6. The van der Waals surface area contributed by atoms with Gasteiger partial charge in [-0.25, -0.2) is 4.98 Å². The van der Waals surface area contributed by atoms with Crippen LogP contribution >= 0.6 is 11.3 Å². The van der Waals surface area contributed by atoms with Gasteiger partial charge in [-0.2, -0.15) is 0 Å². The van der Waals surface area contributed by atoms with Gasteiger partial charge in [-0.1, -0.05) is 41.7 Å². The van der Waals surface area contributed by atoms with E-state index in [1.54, 1.807) is 0 Å². The minimum atomic E-state index is -0.171. The highest BCUT2D eigenvalue weighted by Gasteiger charge is 2.21. The molecule has 5 nitrogen and oxygen atoms in total. The van der Waals surface area contributed by atoms with Crippen molar-refractivity contribution in [1.29, 1.82) is 0 Å². The summed E-state index contributed by atoms with van der Waals surface area (Å²) in [6, 6.07) is 10.3. The highest BCUT2D eigenvalue weighted by atomic mass is 32.1. The molecule has 0 saturated heterocycles. The lowest BCUT2D eigenvalue weighted by Crippen LogP contribution is -2.26. The van der Waals surface area contributed by atoms with E-state index < -0.39 is 0 Å². The van der Waals surface area contributed by atoms with E-state index in [-0.39, 0.29) is 5.91 Å². The molecule has 21 heavy (non-hydrogen) atoms. The molecular formula is C15H18N4OS. The molecule has 3 rings (SSSR count). The van der Waals surface area contributed by atoms with E-state index in [1.807, 2.05) is 30.3 Å². The number of benzene rings is 1. The molecule has 110 valence electrons. The number of carbonyl (C=O) groups is 1. The van der Waals surface area contributed by atoms with Crippen LogP contribution in [0.5, 0.6) is 0 Å². The summed E-state index contributed by atoms with van der Waals surface area (Å²) in [5, 5.41) is 6.93. The molecule has 1 aliphatic carbocycles. The van der Waals surface area contributed by atoms with Crippen molar-refractivity contribution in [3.63, 3.8) is 0 Å². The van der Waals surface area contributed by atoms with Crippen molar-refractivity contribution in [2.24, 2.45) is 0 Å². The van der Waals surface area contributed by atoms with Gasteiger partial charge in [0.1, 0.15) is 10.7 Å². The van der Waals surface area contributed by atoms with Crippen molar-refractivity contribution < 1.29 is 4.79 Å². The van der Waals surface area contributed by atoms with Crippen LogP contribution in [0, 0.1) is 0 Å². The summed E-state index contributed by atoms with van der Waals surface area (Å²) in [7, 11) is 0. The Bertz CT molecular complexity index is 622. The predicted molar refractivity (Wildman–Crippen MR) is 85.4 cm³/mol. The highest BCUT2D eigenvalue weighted by molar-refractivity contribution is 7.18. The number of rotatable bonds is 5. The first-order valence-electron chi connectivity index (χ1n) is 7.07. The lowest BCUT2D eigenvalue weighted by atomic mass is 9.93. The molecule has 0 unspecified atom stereocenters. The van der Waals surface area contributed by atoms with E-state index in [9.17, 15) is 4.79 Å². The molecule has 2 aromatic rings. The number of nitrogens with one attached hydrogen (secondary N) is 2. The van der Waals surface area contributed by atoms with Crippen LogP contribution in [0.1, 0.15) is 34.5 Å². The smallest absolute Gasteiger partial charge is 0.265 e. The second-order valence-electron chi connectivity index (χ2n) is 5.17. The molecule has 0 radical (unpaired) electrons. The largest absolute Gasteiger partial charge is 0.382 e. The Balaban J connectivity index is 1.61. The van der Waals surface area contributed by atoms with Crippen molar-refractivity contribution in [1.82, 2.24) is 10.3 Å². The van der Waals surface area contributed by atoms with Crippen LogP contribution in [0.4, 0.5) is 10.9 Å². The maximum atomic E-state index is 12.2. The number of nitrogens with zero attached hydrogens (tertiary/aromatic N) is 1. The Morgan fingerprint density at radius 3 is 2.76 bits per heavy atom. The highest BCUT2D eigenvalue weighted by Crippen LogP contribution is 2.29. The maximum absolute atomic E-state index is 12.2. The van der Waals surface area contributed by atoms with Crippen LogP contribution in [0.3, 0.4) is 0 Å². The molecule has 1 aromatic carbocycles. The van der Waals surface area contributed by atoms with Gasteiger partial charge < -0.3 is 16.4 Å². The third-order valence-corrected chi connectivity index (χ3v) is 4.59. The molecule has 1 aliphatic rings. The van der Waals surface area contributed by atoms with Crippen molar-refractivity contribution >= 4 is 28.2 Å². The Morgan fingerprint density at radius 1 is 1.33 bits per heavy atom. The number of hydrogen-bond donors (Lipinski definition) is 3. The van der Waals surface area contributed by atoms with Gasteiger partial charge in [-0.15, -0.1) is 0 Å². The Kier molecular flexibility index (Phi) is 4.06. The number of thiazole rings is 1. The fourth-order valence-corrected chi connectivity index (χ4v) is 3.02. The van der Waals surface area contributed by atoms with Crippen molar-refractivity contribution in [3.8, 4) is 0 Å². The van der Waals surface area contributed by atoms with Crippen molar-refractivity contribution in [2.75, 3.05) is 11.1 Å². The van der Waals surface area contributed by atoms with E-state index in [2.05, 4.69) is 15.6 Å². The third-order valence-electron chi connectivity index (χ3n) is 3.59. The van der Waals surface area contributed by atoms with Crippen LogP contribution < -0.4 is 16.4 Å². The van der Waals surface area contributed by atoms with E-state index in [4.69, 9.17) is 5.73 Å². The standard InChI is InChI=1S/C15H18N4OS/c16-13-12(21-15(19-13)18-11-7-4-8-11)14(20)17-9-10-5-2-1-3-6-10/h1-3,5-6,11H,4,7-9,16H2,(H,17,20)(H,18,19). The summed E-state index contributed by atoms with van der Waals surface area (Å²) in [6.07, 6.45) is 3.58. The summed E-state index contributed by atoms with van der Waals surface area (Å²) >= 11 is 1.32. The SMILES string of the molecule is Nc1nc(NC2CCC2)sc1C(=O)NCc1ccccc1. The molecule has 1 amide bonds. The first kappa shape index (κ1) is 13.9. The van der Waals surface area contributed by atoms with Gasteiger partial charge in [-0.05, 0) is 24.8 Å². The van der Waals surface area contributed by atoms with Crippen LogP contribution in [0.2, 0.25) is 0 Å². The summed E-state index contributed by atoms with van der Waals surface area (Å²) < 4.78 is 0. The number of anilines is 2. The van der Waals surface area contributed by atoms with Gasteiger partial charge in [0, 0.05) is 12.6 Å². The van der Waals surface area contributed by atoms with Gasteiger partial charge in [0.25, 0.3) is 5.91 Å². The third kappa shape index (κ3) is 3.33. The zero-order valence-corrected chi connectivity index (χ0v) is 12.5. The molecule has 0 aliphatic heterocycles. The molecule has 6 heteroatoms. The van der Waals surface area contributed by atoms with Crippen LogP contribution in [0.15, 0.2) is 30.3 Å². The average Bonchev–Trinajstić information content (AvgIpc) is 2.82. The summed E-state index contributed by atoms with van der Waals surface area (Å²) in [4.78, 5) is 16.9. The van der Waals surface area contributed by atoms with Crippen molar-refractivity contribution in [2.45, 2.75) is 31.8 Å². The Labute approximate surface area is 127 Å². The molecule has 4 N–H and O–H groups in total. The Hall–Kier alpha value is -2.08. The maximum Gasteiger partial charge on any atom is 0.265 e. The molecule has 1 heterocycles. The first-order chi connectivity index (χ1) is 10.2. The average molecular weight is 302 g/mol. The summed E-state index contributed by atoms with van der Waals surface area (Å²) in [5.74, 6) is 0.128. The number of aromatic nitrogens is 1. The fraction of sp³-hybridized carbons (Fsp3) is 0.333. The van der Waals surface area contributed by atoms with Crippen LogP contribution in [-0.4, -0.2) is 16.9 Å². The molecule has 0 bridgehead atoms. The van der Waals surface area contributed by atoms with Gasteiger partial charge in [0.05, 0.1) is 0 Å². The van der Waals surface area contributed by atoms with E-state index in [1.165, 1.54) is 17.8 Å². The van der Waals surface area contributed by atoms with E-state index >= 15 is 0 Å². The van der Waals surface area contributed by atoms with Gasteiger partial charge >= 0.3 is 0 Å². The Morgan fingerprint density at radius 2 is 2.10 bits per heavy atom. The topological polar surface area (TPSA) is 80.0 Å². The second kappa shape index (κ2) is 6.13. The lowest BCUT2D eigenvalue weighted by Gasteiger charge is -2.25. The van der Waals surface area contributed by atoms with E-state index in [0.717, 1.165) is 23.5 Å². The molecule has 1 fully saturated rings. The number of nitrogen functional groups attached to an aromatic ring is 1. The number of hydrogen-bond acceptors (Lipinski definition) is 5. The fourth-order valence-electron chi connectivity index (χ4n) is 2.14. The lowest BCUT2D eigenvalue weighted by molar-refractivity contribution is 0.0955. The predicted octanol–water partition coefficient (Wildman–Crippen LogP) is 2.62. The number of carbonyl (C=O) groups excluding carboxylic acids is 1. The van der Waals surface area contributed by atoms with Crippen molar-refractivity contribution in [3.05, 3.63) is 40.8 Å². The van der Waals surface area contributed by atoms with Crippen LogP contribution in [-0.2, 0) is 6.54 Å². The van der Waals surface area contributed by atoms with Crippen LogP contribution in [0.25, 0.3) is 0 Å². The second-order valence-corrected chi connectivity index (χ2v) is 6.17. The number of nitrogens with two attached hydrogens (primary N) is 1. The molecule has 0 atom stereocenters. The van der Waals surface area contributed by atoms with Gasteiger partial charge in [-0.3, -0.25) is 4.79 Å². The minimum absolute atomic E-state index is 0.171.